The molecule has 1 amide bonds. The lowest BCUT2D eigenvalue weighted by molar-refractivity contribution is -0.907. The number of carbonyl (C=O) groups is 1. The molecule has 1 unspecified atom stereocenters. The van der Waals surface area contributed by atoms with Crippen LogP contribution in [0.4, 0.5) is 5.69 Å². The summed E-state index contributed by atoms with van der Waals surface area (Å²) in [5, 5.41) is 7.89. The van der Waals surface area contributed by atoms with E-state index in [-0.39, 0.29) is 16.8 Å². The Morgan fingerprint density at radius 1 is 1.04 bits per heavy atom. The lowest BCUT2D eigenvalue weighted by atomic mass is 10.0. The van der Waals surface area contributed by atoms with Crippen LogP contribution in [0.3, 0.4) is 0 Å². The summed E-state index contributed by atoms with van der Waals surface area (Å²) < 4.78 is 22.6. The molecule has 0 aromatic heterocycles. The first-order valence-corrected chi connectivity index (χ1v) is 10.5. The van der Waals surface area contributed by atoms with Gasteiger partial charge in [0, 0.05) is 11.3 Å². The fraction of sp³-hybridized carbons (Fsp3) is 0.350. The van der Waals surface area contributed by atoms with E-state index in [1.54, 1.807) is 0 Å². The molecule has 2 atom stereocenters. The van der Waals surface area contributed by atoms with Gasteiger partial charge in [0.25, 0.3) is 5.91 Å². The van der Waals surface area contributed by atoms with E-state index >= 15 is 0 Å². The highest BCUT2D eigenvalue weighted by Gasteiger charge is 2.22. The normalized spacial score (nSPS) is 14.0. The van der Waals surface area contributed by atoms with E-state index < -0.39 is 10.0 Å². The number of hydrogen-bond donors (Lipinski definition) is 3. The SMILES string of the molecule is CC(C)c1ccc(C[NH+](C)[C@H](C)C(=O)Nc2ccc(S(N)(=O)=O)cc2)cc1. The summed E-state index contributed by atoms with van der Waals surface area (Å²) in [6.45, 7) is 6.92. The fourth-order valence-corrected chi connectivity index (χ4v) is 3.21. The second-order valence-corrected chi connectivity index (χ2v) is 8.76. The van der Waals surface area contributed by atoms with Gasteiger partial charge < -0.3 is 10.2 Å². The number of nitrogens with one attached hydrogen (secondary N) is 2. The first-order chi connectivity index (χ1) is 12.6. The number of anilines is 1. The zero-order valence-electron chi connectivity index (χ0n) is 16.2. The van der Waals surface area contributed by atoms with Gasteiger partial charge in [-0.2, -0.15) is 0 Å². The van der Waals surface area contributed by atoms with Crippen LogP contribution < -0.4 is 15.4 Å². The number of carbonyl (C=O) groups excluding carboxylic acids is 1. The molecule has 0 aliphatic heterocycles. The largest absolute Gasteiger partial charge is 0.324 e. The third-order valence-electron chi connectivity index (χ3n) is 4.71. The highest BCUT2D eigenvalue weighted by atomic mass is 32.2. The maximum Gasteiger partial charge on any atom is 0.282 e. The van der Waals surface area contributed by atoms with Crippen molar-refractivity contribution in [2.45, 2.75) is 44.2 Å². The quantitative estimate of drug-likeness (QED) is 0.669. The van der Waals surface area contributed by atoms with Crippen LogP contribution in [-0.2, 0) is 21.4 Å². The van der Waals surface area contributed by atoms with Gasteiger partial charge in [-0.25, -0.2) is 13.6 Å². The molecule has 6 nitrogen and oxygen atoms in total. The first-order valence-electron chi connectivity index (χ1n) is 8.93. The average Bonchev–Trinajstić information content (AvgIpc) is 2.61. The van der Waals surface area contributed by atoms with Crippen molar-refractivity contribution in [1.82, 2.24) is 0 Å². The predicted octanol–water partition coefficient (Wildman–Crippen LogP) is 1.50. The van der Waals surface area contributed by atoms with Crippen molar-refractivity contribution in [3.05, 3.63) is 59.7 Å². The first kappa shape index (κ1) is 21.1. The maximum atomic E-state index is 12.5. The van der Waals surface area contributed by atoms with Crippen molar-refractivity contribution in [3.63, 3.8) is 0 Å². The molecule has 0 saturated heterocycles. The summed E-state index contributed by atoms with van der Waals surface area (Å²) >= 11 is 0. The Labute approximate surface area is 161 Å². The second kappa shape index (κ2) is 8.65. The van der Waals surface area contributed by atoms with Crippen LogP contribution in [0.5, 0.6) is 0 Å². The Morgan fingerprint density at radius 3 is 2.07 bits per heavy atom. The van der Waals surface area contributed by atoms with Gasteiger partial charge in [-0.3, -0.25) is 4.79 Å². The summed E-state index contributed by atoms with van der Waals surface area (Å²) in [5.41, 5.74) is 3.01. The maximum absolute atomic E-state index is 12.5. The van der Waals surface area contributed by atoms with Gasteiger partial charge >= 0.3 is 0 Å². The number of likely N-dealkylation sites (N-methyl/N-ethyl adjacent to an activating group) is 1. The number of quaternary nitrogens is 1. The van der Waals surface area contributed by atoms with E-state index in [0.717, 1.165) is 11.4 Å². The molecule has 0 bridgehead atoms. The number of benzene rings is 2. The molecule has 0 spiro atoms. The molecular weight excluding hydrogens is 362 g/mol. The summed E-state index contributed by atoms with van der Waals surface area (Å²) in [5.74, 6) is 0.365. The number of amides is 1. The molecule has 0 radical (unpaired) electrons. The number of hydrogen-bond acceptors (Lipinski definition) is 3. The minimum absolute atomic E-state index is 0.0149. The molecular formula is C20H28N3O3S+. The van der Waals surface area contributed by atoms with Gasteiger partial charge in [0.2, 0.25) is 10.0 Å². The summed E-state index contributed by atoms with van der Waals surface area (Å²) in [4.78, 5) is 13.6. The Morgan fingerprint density at radius 2 is 1.59 bits per heavy atom. The summed E-state index contributed by atoms with van der Waals surface area (Å²) in [6, 6.07) is 14.0. The van der Waals surface area contributed by atoms with Gasteiger partial charge in [-0.15, -0.1) is 0 Å². The lowest BCUT2D eigenvalue weighted by Crippen LogP contribution is -3.12. The van der Waals surface area contributed by atoms with E-state index in [1.165, 1.54) is 35.4 Å². The Bertz CT molecular complexity index is 876. The molecule has 2 aromatic carbocycles. The lowest BCUT2D eigenvalue weighted by Gasteiger charge is -2.21. The van der Waals surface area contributed by atoms with E-state index in [4.69, 9.17) is 5.14 Å². The van der Waals surface area contributed by atoms with Gasteiger partial charge in [0.15, 0.2) is 6.04 Å². The highest BCUT2D eigenvalue weighted by molar-refractivity contribution is 7.89. The van der Waals surface area contributed by atoms with Crippen LogP contribution in [0, 0.1) is 0 Å². The zero-order valence-corrected chi connectivity index (χ0v) is 17.0. The van der Waals surface area contributed by atoms with Crippen molar-refractivity contribution in [3.8, 4) is 0 Å². The Balaban J connectivity index is 1.97. The van der Waals surface area contributed by atoms with E-state index in [1.807, 2.05) is 14.0 Å². The molecule has 2 rings (SSSR count). The molecule has 0 aliphatic rings. The number of rotatable bonds is 7. The van der Waals surface area contributed by atoms with Crippen LogP contribution >= 0.6 is 0 Å². The topological polar surface area (TPSA) is 93.7 Å². The van der Waals surface area contributed by atoms with Crippen molar-refractivity contribution < 1.29 is 18.1 Å². The minimum atomic E-state index is -3.74. The predicted molar refractivity (Wildman–Crippen MR) is 107 cm³/mol. The standard InChI is InChI=1S/C20H27N3O3S/c1-14(2)17-7-5-16(6-8-17)13-23(4)15(3)20(24)22-18-9-11-19(12-10-18)27(21,25)26/h5-12,14-15H,13H2,1-4H3,(H,22,24)(H2,21,25,26)/p+1/t15-/m1/s1. The van der Waals surface area contributed by atoms with Crippen LogP contribution in [-0.4, -0.2) is 27.4 Å². The van der Waals surface area contributed by atoms with Crippen molar-refractivity contribution in [2.24, 2.45) is 5.14 Å². The monoisotopic (exact) mass is 390 g/mol. The van der Waals surface area contributed by atoms with Gasteiger partial charge in [-0.1, -0.05) is 38.1 Å². The smallest absolute Gasteiger partial charge is 0.282 e. The van der Waals surface area contributed by atoms with Crippen LogP contribution in [0.15, 0.2) is 53.4 Å². The summed E-state index contributed by atoms with van der Waals surface area (Å²) in [6.07, 6.45) is 0. The second-order valence-electron chi connectivity index (χ2n) is 7.20. The van der Waals surface area contributed by atoms with E-state index in [0.29, 0.717) is 11.6 Å². The Hall–Kier alpha value is -2.22. The van der Waals surface area contributed by atoms with Crippen LogP contribution in [0.2, 0.25) is 0 Å². The molecule has 7 heteroatoms. The van der Waals surface area contributed by atoms with E-state index in [2.05, 4.69) is 43.4 Å². The van der Waals surface area contributed by atoms with Crippen LogP contribution in [0.1, 0.15) is 37.8 Å². The third-order valence-corrected chi connectivity index (χ3v) is 5.64. The van der Waals surface area contributed by atoms with Crippen molar-refractivity contribution in [2.75, 3.05) is 12.4 Å². The van der Waals surface area contributed by atoms with Crippen molar-refractivity contribution in [1.29, 1.82) is 0 Å². The van der Waals surface area contributed by atoms with Crippen molar-refractivity contribution >= 4 is 21.6 Å². The third kappa shape index (κ3) is 5.89. The molecule has 2 aromatic rings. The number of nitrogens with two attached hydrogens (primary N) is 1. The van der Waals surface area contributed by atoms with Gasteiger partial charge in [-0.05, 0) is 42.7 Å². The van der Waals surface area contributed by atoms with Crippen LogP contribution in [0.25, 0.3) is 0 Å². The van der Waals surface area contributed by atoms with E-state index in [9.17, 15) is 13.2 Å². The highest BCUT2D eigenvalue weighted by Crippen LogP contribution is 2.15. The number of primary sulfonamides is 1. The molecule has 146 valence electrons. The molecule has 4 N–H and O–H groups in total. The molecule has 27 heavy (non-hydrogen) atoms. The van der Waals surface area contributed by atoms with Gasteiger partial charge in [0.05, 0.1) is 11.9 Å². The molecule has 0 fully saturated rings. The molecule has 0 saturated carbocycles. The minimum Gasteiger partial charge on any atom is -0.324 e. The summed E-state index contributed by atoms with van der Waals surface area (Å²) in [7, 11) is -1.76. The zero-order chi connectivity index (χ0) is 20.2. The Kier molecular flexibility index (Phi) is 6.75. The number of sulfonamides is 1. The molecule has 0 heterocycles. The average molecular weight is 391 g/mol. The molecule has 0 aliphatic carbocycles. The van der Waals surface area contributed by atoms with Gasteiger partial charge in [0.1, 0.15) is 6.54 Å². The fourth-order valence-electron chi connectivity index (χ4n) is 2.70.